The van der Waals surface area contributed by atoms with Crippen LogP contribution in [0.1, 0.15) is 0 Å². The Labute approximate surface area is 131 Å². The summed E-state index contributed by atoms with van der Waals surface area (Å²) < 4.78 is 46.9. The van der Waals surface area contributed by atoms with E-state index in [-0.39, 0.29) is 0 Å². The normalized spacial score (nSPS) is 10.3. The molecular formula is C11H5BrClF2NO2S2. The van der Waals surface area contributed by atoms with E-state index in [1.54, 1.807) is 0 Å². The lowest BCUT2D eigenvalue weighted by atomic mass is 10.3. The first-order chi connectivity index (χ1) is 9.25. The van der Waals surface area contributed by atoms with Crippen LogP contribution < -0.4 is 0 Å². The quantitative estimate of drug-likeness (QED) is 0.501. The molecular weight excluding hydrogens is 396 g/mol. The van der Waals surface area contributed by atoms with E-state index in [1.807, 2.05) is 11.4 Å². The zero-order valence-corrected chi connectivity index (χ0v) is 13.5. The fraction of sp³-hybridized carbons (Fsp3) is 0. The van der Waals surface area contributed by atoms with Gasteiger partial charge in [-0.25, -0.2) is 22.0 Å². The minimum Gasteiger partial charge on any atom is -0.225 e. The predicted molar refractivity (Wildman–Crippen MR) is 77.7 cm³/mol. The van der Waals surface area contributed by atoms with Crippen LogP contribution in [0.3, 0.4) is 0 Å². The molecule has 0 aliphatic carbocycles. The van der Waals surface area contributed by atoms with E-state index in [0.29, 0.717) is 6.07 Å². The first kappa shape index (κ1) is 17.0. The van der Waals surface area contributed by atoms with Crippen LogP contribution in [0.5, 0.6) is 0 Å². The molecule has 20 heavy (non-hydrogen) atoms. The summed E-state index contributed by atoms with van der Waals surface area (Å²) in [5.74, 6) is -2.04. The predicted octanol–water partition coefficient (Wildman–Crippen LogP) is 4.95. The molecule has 0 spiro atoms. The van der Waals surface area contributed by atoms with Gasteiger partial charge in [-0.15, -0.1) is 0 Å². The maximum Gasteiger partial charge on any atom is 0.264 e. The molecule has 0 atom stereocenters. The van der Waals surface area contributed by atoms with Crippen LogP contribution in [0, 0.1) is 18.2 Å². The summed E-state index contributed by atoms with van der Waals surface area (Å²) in [5.41, 5.74) is 0. The molecule has 2 rings (SSSR count). The zero-order valence-electron chi connectivity index (χ0n) is 9.48. The second-order valence-corrected chi connectivity index (χ2v) is 7.48. The third-order valence-electron chi connectivity index (χ3n) is 1.86. The zero-order chi connectivity index (χ0) is 15.3. The van der Waals surface area contributed by atoms with Crippen molar-refractivity contribution in [2.45, 2.75) is 4.90 Å². The molecule has 0 fully saturated rings. The van der Waals surface area contributed by atoms with Crippen LogP contribution in [0.25, 0.3) is 4.85 Å². The van der Waals surface area contributed by atoms with Gasteiger partial charge < -0.3 is 0 Å². The maximum atomic E-state index is 12.6. The van der Waals surface area contributed by atoms with E-state index in [4.69, 9.17) is 17.3 Å². The van der Waals surface area contributed by atoms with E-state index in [1.165, 1.54) is 11.3 Å². The lowest BCUT2D eigenvalue weighted by Crippen LogP contribution is -1.95. The molecule has 9 heteroatoms. The summed E-state index contributed by atoms with van der Waals surface area (Å²) in [6, 6.07) is 3.92. The molecule has 0 radical (unpaired) electrons. The van der Waals surface area contributed by atoms with E-state index < -0.39 is 25.6 Å². The van der Waals surface area contributed by atoms with Crippen molar-refractivity contribution in [1.29, 1.82) is 0 Å². The third-order valence-corrected chi connectivity index (χ3v) is 4.92. The second-order valence-electron chi connectivity index (χ2n) is 3.20. The van der Waals surface area contributed by atoms with Gasteiger partial charge in [0.1, 0.15) is 16.5 Å². The molecule has 2 aromatic rings. The van der Waals surface area contributed by atoms with Gasteiger partial charge in [-0.1, -0.05) is 15.9 Å². The average Bonchev–Trinajstić information content (AvgIpc) is 2.73. The highest BCUT2D eigenvalue weighted by molar-refractivity contribution is 9.10. The molecule has 0 saturated heterocycles. The van der Waals surface area contributed by atoms with Crippen molar-refractivity contribution in [3.05, 3.63) is 57.2 Å². The number of benzene rings is 1. The van der Waals surface area contributed by atoms with Crippen LogP contribution in [-0.4, -0.2) is 8.42 Å². The number of rotatable bonds is 1. The molecule has 0 bridgehead atoms. The Morgan fingerprint density at radius 2 is 1.95 bits per heavy atom. The van der Waals surface area contributed by atoms with Crippen molar-refractivity contribution in [3.63, 3.8) is 0 Å². The monoisotopic (exact) mass is 399 g/mol. The van der Waals surface area contributed by atoms with Gasteiger partial charge in [-0.3, -0.25) is 0 Å². The van der Waals surface area contributed by atoms with Gasteiger partial charge in [-0.2, -0.15) is 11.3 Å². The van der Waals surface area contributed by atoms with Crippen molar-refractivity contribution >= 4 is 52.0 Å². The fourth-order valence-corrected chi connectivity index (χ4v) is 3.18. The molecule has 0 aliphatic rings. The average molecular weight is 401 g/mol. The molecule has 0 saturated carbocycles. The van der Waals surface area contributed by atoms with Crippen LogP contribution in [0.15, 0.2) is 39.0 Å². The summed E-state index contributed by atoms with van der Waals surface area (Å²) in [7, 11) is 0.706. The first-order valence-corrected chi connectivity index (χ1v) is 8.74. The van der Waals surface area contributed by atoms with Crippen LogP contribution in [0.4, 0.5) is 13.8 Å². The highest BCUT2D eigenvalue weighted by atomic mass is 79.9. The van der Waals surface area contributed by atoms with Crippen molar-refractivity contribution in [3.8, 4) is 0 Å². The van der Waals surface area contributed by atoms with Crippen LogP contribution in [-0.2, 0) is 9.05 Å². The van der Waals surface area contributed by atoms with Crippen molar-refractivity contribution in [2.24, 2.45) is 0 Å². The maximum absolute atomic E-state index is 12.6. The van der Waals surface area contributed by atoms with Gasteiger partial charge in [0, 0.05) is 21.2 Å². The molecule has 0 unspecified atom stereocenters. The highest BCUT2D eigenvalue weighted by Crippen LogP contribution is 2.30. The van der Waals surface area contributed by atoms with Gasteiger partial charge in [0.25, 0.3) is 14.1 Å². The molecule has 3 nitrogen and oxygen atoms in total. The Morgan fingerprint density at radius 3 is 2.30 bits per heavy atom. The second kappa shape index (κ2) is 7.13. The van der Waals surface area contributed by atoms with Crippen molar-refractivity contribution < 1.29 is 17.2 Å². The Bertz CT molecular complexity index is 756. The Kier molecular flexibility index (Phi) is 6.07. The Morgan fingerprint density at radius 1 is 1.30 bits per heavy atom. The minimum atomic E-state index is -4.12. The minimum absolute atomic E-state index is 0.454. The van der Waals surface area contributed by atoms with Gasteiger partial charge in [0.05, 0.1) is 6.57 Å². The molecule has 1 aromatic heterocycles. The summed E-state index contributed by atoms with van der Waals surface area (Å²) in [6.07, 6.45) is 0. The summed E-state index contributed by atoms with van der Waals surface area (Å²) in [6.45, 7) is 6.61. The Hall–Kier alpha value is -1.01. The topological polar surface area (TPSA) is 38.5 Å². The number of hydrogen-bond acceptors (Lipinski definition) is 3. The van der Waals surface area contributed by atoms with Gasteiger partial charge in [-0.05, 0) is 23.6 Å². The third kappa shape index (κ3) is 4.83. The van der Waals surface area contributed by atoms with Crippen molar-refractivity contribution in [1.82, 2.24) is 0 Å². The molecule has 0 amide bonds. The number of hydrogen-bond donors (Lipinski definition) is 0. The Balaban J connectivity index is 0.000000217. The summed E-state index contributed by atoms with van der Waals surface area (Å²) in [5, 5.41) is 2.61. The lowest BCUT2D eigenvalue weighted by Gasteiger charge is -1.96. The van der Waals surface area contributed by atoms with E-state index in [2.05, 4.69) is 20.8 Å². The van der Waals surface area contributed by atoms with Crippen LogP contribution >= 0.6 is 37.9 Å². The number of nitrogens with zero attached hydrogens (tertiary/aromatic N) is 1. The molecule has 106 valence electrons. The van der Waals surface area contributed by atoms with Gasteiger partial charge in [0.2, 0.25) is 0 Å². The lowest BCUT2D eigenvalue weighted by molar-refractivity contribution is 0.554. The molecule has 1 heterocycles. The molecule has 0 N–H and O–H groups in total. The van der Waals surface area contributed by atoms with Crippen LogP contribution in [0.2, 0.25) is 0 Å². The van der Waals surface area contributed by atoms with Gasteiger partial charge >= 0.3 is 0 Å². The van der Waals surface area contributed by atoms with Gasteiger partial charge in [0.15, 0.2) is 0 Å². The molecule has 0 aliphatic heterocycles. The molecule has 1 aromatic carbocycles. The van der Waals surface area contributed by atoms with E-state index >= 15 is 0 Å². The number of thiophene rings is 1. The summed E-state index contributed by atoms with van der Waals surface area (Å²) >= 11 is 4.67. The largest absolute Gasteiger partial charge is 0.264 e. The van der Waals surface area contributed by atoms with E-state index in [0.717, 1.165) is 21.6 Å². The number of halogens is 4. The van der Waals surface area contributed by atoms with E-state index in [9.17, 15) is 17.2 Å². The fourth-order valence-electron chi connectivity index (χ4n) is 1.04. The smallest absolute Gasteiger partial charge is 0.225 e. The SMILES string of the molecule is O=S(=O)(Cl)c1ccc(F)cc1F.[C-]#[N+]c1sccc1Br. The first-order valence-electron chi connectivity index (χ1n) is 4.76. The standard InChI is InChI=1S/C6H3ClF2O2S.C5H2BrNS/c7-12(10,11)6-2-1-4(8)3-5(6)9;1-7-5-4(6)2-3-8-5/h1-3H;2-3H. The summed E-state index contributed by atoms with van der Waals surface area (Å²) in [4.78, 5) is 2.53. The highest BCUT2D eigenvalue weighted by Gasteiger charge is 2.15. The van der Waals surface area contributed by atoms with Crippen molar-refractivity contribution in [2.75, 3.05) is 0 Å².